The number of benzene rings is 1. The van der Waals surface area contributed by atoms with Crippen LogP contribution in [0.25, 0.3) is 0 Å². The molecule has 28 heavy (non-hydrogen) atoms. The summed E-state index contributed by atoms with van der Waals surface area (Å²) in [7, 11) is 2.17. The van der Waals surface area contributed by atoms with Gasteiger partial charge in [0.25, 0.3) is 0 Å². The lowest BCUT2D eigenvalue weighted by Crippen LogP contribution is -2.35. The molecule has 0 bridgehead atoms. The number of alkyl carbamates (subject to hydrolysis) is 1. The Kier molecular flexibility index (Phi) is 8.15. The molecule has 0 aromatic heterocycles. The van der Waals surface area contributed by atoms with Crippen molar-refractivity contribution in [3.63, 3.8) is 0 Å². The van der Waals surface area contributed by atoms with Gasteiger partial charge in [-0.05, 0) is 51.3 Å². The minimum atomic E-state index is -0.538. The van der Waals surface area contributed by atoms with Crippen molar-refractivity contribution in [3.8, 4) is 0 Å². The van der Waals surface area contributed by atoms with Crippen LogP contribution in [0.3, 0.4) is 0 Å². The van der Waals surface area contributed by atoms with Gasteiger partial charge < -0.3 is 20.3 Å². The molecule has 6 heteroatoms. The first-order valence-corrected chi connectivity index (χ1v) is 10.3. The van der Waals surface area contributed by atoms with E-state index in [1.54, 1.807) is 20.8 Å². The van der Waals surface area contributed by atoms with E-state index in [2.05, 4.69) is 46.8 Å². The predicted molar refractivity (Wildman–Crippen MR) is 112 cm³/mol. The molecule has 0 radical (unpaired) electrons. The van der Waals surface area contributed by atoms with Crippen molar-refractivity contribution in [2.75, 3.05) is 18.5 Å². The number of hydrogen-bond acceptors (Lipinski definition) is 4. The Morgan fingerprint density at radius 1 is 1.07 bits per heavy atom. The summed E-state index contributed by atoms with van der Waals surface area (Å²) in [5, 5.41) is 5.48. The van der Waals surface area contributed by atoms with Gasteiger partial charge in [0, 0.05) is 38.3 Å². The molecule has 0 saturated heterocycles. The van der Waals surface area contributed by atoms with E-state index in [1.807, 2.05) is 0 Å². The molecule has 1 fully saturated rings. The van der Waals surface area contributed by atoms with Gasteiger partial charge in [0.05, 0.1) is 0 Å². The fraction of sp³-hybridized carbons (Fsp3) is 0.636. The number of hydrogen-bond donors (Lipinski definition) is 2. The monoisotopic (exact) mass is 389 g/mol. The molecule has 0 aliphatic heterocycles. The van der Waals surface area contributed by atoms with Gasteiger partial charge in [-0.1, -0.05) is 31.4 Å². The molecule has 0 heterocycles. The number of nitrogens with one attached hydrogen (secondary N) is 2. The Morgan fingerprint density at radius 3 is 2.32 bits per heavy atom. The fourth-order valence-electron chi connectivity index (χ4n) is 3.41. The van der Waals surface area contributed by atoms with Crippen molar-refractivity contribution in [1.82, 2.24) is 10.6 Å². The lowest BCUT2D eigenvalue weighted by molar-refractivity contribution is -0.121. The summed E-state index contributed by atoms with van der Waals surface area (Å²) in [5.41, 5.74) is 1.75. The molecule has 2 rings (SSSR count). The number of ether oxygens (including phenoxy) is 1. The molecule has 1 aliphatic rings. The molecule has 0 unspecified atom stereocenters. The number of amides is 2. The van der Waals surface area contributed by atoms with Crippen LogP contribution in [-0.2, 0) is 16.1 Å². The van der Waals surface area contributed by atoms with Gasteiger partial charge >= 0.3 is 6.09 Å². The van der Waals surface area contributed by atoms with E-state index in [0.29, 0.717) is 12.6 Å². The van der Waals surface area contributed by atoms with E-state index in [1.165, 1.54) is 37.8 Å². The molecular formula is C22H35N3O3. The standard InChI is InChI=1S/C22H35N3O3/c1-22(2,3)28-21(27)23-15-14-20(26)24-16-17-10-12-19(13-11-17)25(4)18-8-6-5-7-9-18/h10-13,18H,5-9,14-16H2,1-4H3,(H,23,27)(H,24,26). The summed E-state index contributed by atoms with van der Waals surface area (Å²) in [4.78, 5) is 25.9. The second kappa shape index (κ2) is 10.3. The van der Waals surface area contributed by atoms with Crippen LogP contribution >= 0.6 is 0 Å². The molecule has 2 amide bonds. The third kappa shape index (κ3) is 7.79. The molecule has 1 aromatic carbocycles. The molecule has 2 N–H and O–H groups in total. The van der Waals surface area contributed by atoms with E-state index in [4.69, 9.17) is 4.74 Å². The summed E-state index contributed by atoms with van der Waals surface area (Å²) in [5.74, 6) is -0.0977. The second-order valence-corrected chi connectivity index (χ2v) is 8.52. The Bertz CT molecular complexity index is 631. The lowest BCUT2D eigenvalue weighted by Gasteiger charge is -2.33. The number of carbonyl (C=O) groups excluding carboxylic acids is 2. The van der Waals surface area contributed by atoms with Crippen molar-refractivity contribution in [2.45, 2.75) is 77.5 Å². The minimum Gasteiger partial charge on any atom is -0.444 e. The molecule has 0 spiro atoms. The number of nitrogens with zero attached hydrogens (tertiary/aromatic N) is 1. The van der Waals surface area contributed by atoms with Crippen LogP contribution in [0.1, 0.15) is 64.9 Å². The predicted octanol–water partition coefficient (Wildman–Crippen LogP) is 3.99. The van der Waals surface area contributed by atoms with Crippen molar-refractivity contribution in [2.24, 2.45) is 0 Å². The normalized spacial score (nSPS) is 15.0. The summed E-state index contributed by atoms with van der Waals surface area (Å²) >= 11 is 0. The van der Waals surface area contributed by atoms with Crippen LogP contribution in [0.15, 0.2) is 24.3 Å². The molecular weight excluding hydrogens is 354 g/mol. The summed E-state index contributed by atoms with van der Waals surface area (Å²) < 4.78 is 5.14. The highest BCUT2D eigenvalue weighted by molar-refractivity contribution is 5.77. The van der Waals surface area contributed by atoms with Crippen LogP contribution in [0.5, 0.6) is 0 Å². The SMILES string of the molecule is CN(c1ccc(CNC(=O)CCNC(=O)OC(C)(C)C)cc1)C1CCCCC1. The van der Waals surface area contributed by atoms with Gasteiger partial charge in [-0.25, -0.2) is 4.79 Å². The van der Waals surface area contributed by atoms with E-state index in [-0.39, 0.29) is 18.9 Å². The van der Waals surface area contributed by atoms with E-state index in [9.17, 15) is 9.59 Å². The Labute approximate surface area is 169 Å². The van der Waals surface area contributed by atoms with Crippen LogP contribution in [-0.4, -0.2) is 37.2 Å². The van der Waals surface area contributed by atoms with Crippen LogP contribution in [0.4, 0.5) is 10.5 Å². The highest BCUT2D eigenvalue weighted by Crippen LogP contribution is 2.26. The van der Waals surface area contributed by atoms with Crippen LogP contribution in [0.2, 0.25) is 0 Å². The number of carbonyl (C=O) groups is 2. The van der Waals surface area contributed by atoms with Gasteiger partial charge in [-0.15, -0.1) is 0 Å². The zero-order valence-corrected chi connectivity index (χ0v) is 17.7. The van der Waals surface area contributed by atoms with Crippen LogP contribution in [0, 0.1) is 0 Å². The van der Waals surface area contributed by atoms with Gasteiger partial charge in [0.2, 0.25) is 5.91 Å². The smallest absolute Gasteiger partial charge is 0.407 e. The maximum Gasteiger partial charge on any atom is 0.407 e. The fourth-order valence-corrected chi connectivity index (χ4v) is 3.41. The zero-order valence-electron chi connectivity index (χ0n) is 17.7. The van der Waals surface area contributed by atoms with Gasteiger partial charge in [0.1, 0.15) is 5.60 Å². The Morgan fingerprint density at radius 2 is 1.71 bits per heavy atom. The van der Waals surface area contributed by atoms with Crippen molar-refractivity contribution < 1.29 is 14.3 Å². The molecule has 0 atom stereocenters. The largest absolute Gasteiger partial charge is 0.444 e. The van der Waals surface area contributed by atoms with Crippen molar-refractivity contribution >= 4 is 17.7 Å². The highest BCUT2D eigenvalue weighted by Gasteiger charge is 2.18. The van der Waals surface area contributed by atoms with Crippen LogP contribution < -0.4 is 15.5 Å². The first kappa shape index (κ1) is 22.1. The summed E-state index contributed by atoms with van der Waals surface area (Å²) in [6.45, 7) is 6.15. The quantitative estimate of drug-likeness (QED) is 0.740. The summed E-state index contributed by atoms with van der Waals surface area (Å²) in [6.07, 6.45) is 6.26. The average Bonchev–Trinajstić information content (AvgIpc) is 2.65. The van der Waals surface area contributed by atoms with Crippen molar-refractivity contribution in [1.29, 1.82) is 0 Å². The molecule has 156 valence electrons. The van der Waals surface area contributed by atoms with Gasteiger partial charge in [-0.3, -0.25) is 4.79 Å². The van der Waals surface area contributed by atoms with E-state index in [0.717, 1.165) is 5.56 Å². The zero-order chi connectivity index (χ0) is 20.6. The molecule has 6 nitrogen and oxygen atoms in total. The second-order valence-electron chi connectivity index (χ2n) is 8.52. The van der Waals surface area contributed by atoms with Gasteiger partial charge in [0.15, 0.2) is 0 Å². The topological polar surface area (TPSA) is 70.7 Å². The average molecular weight is 390 g/mol. The first-order valence-electron chi connectivity index (χ1n) is 10.3. The third-order valence-electron chi connectivity index (χ3n) is 4.98. The Balaban J connectivity index is 1.69. The maximum atomic E-state index is 12.0. The summed E-state index contributed by atoms with van der Waals surface area (Å²) in [6, 6.07) is 9.01. The third-order valence-corrected chi connectivity index (χ3v) is 4.98. The highest BCUT2D eigenvalue weighted by atomic mass is 16.6. The van der Waals surface area contributed by atoms with Crippen molar-refractivity contribution in [3.05, 3.63) is 29.8 Å². The van der Waals surface area contributed by atoms with E-state index < -0.39 is 11.7 Å². The van der Waals surface area contributed by atoms with E-state index >= 15 is 0 Å². The molecule has 1 aromatic rings. The Hall–Kier alpha value is -2.24. The lowest BCUT2D eigenvalue weighted by atomic mass is 9.94. The molecule has 1 aliphatic carbocycles. The molecule has 1 saturated carbocycles. The maximum absolute atomic E-state index is 12.0. The number of rotatable bonds is 7. The van der Waals surface area contributed by atoms with Gasteiger partial charge in [-0.2, -0.15) is 0 Å². The number of anilines is 1. The first-order chi connectivity index (χ1) is 13.2. The minimum absolute atomic E-state index is 0.0977.